The highest BCUT2D eigenvalue weighted by atomic mass is 16.5. The lowest BCUT2D eigenvalue weighted by atomic mass is 9.97. The predicted molar refractivity (Wildman–Crippen MR) is 126 cm³/mol. The molecular formula is C27H28N2O4. The van der Waals surface area contributed by atoms with E-state index in [4.69, 9.17) is 9.72 Å². The highest BCUT2D eigenvalue weighted by Crippen LogP contribution is 2.29. The molecule has 1 aliphatic rings. The van der Waals surface area contributed by atoms with Crippen molar-refractivity contribution in [3.63, 3.8) is 0 Å². The van der Waals surface area contributed by atoms with E-state index >= 15 is 0 Å². The maximum absolute atomic E-state index is 13.2. The van der Waals surface area contributed by atoms with Gasteiger partial charge in [0.25, 0.3) is 0 Å². The molecule has 1 N–H and O–H groups in total. The van der Waals surface area contributed by atoms with E-state index in [-0.39, 0.29) is 18.3 Å². The van der Waals surface area contributed by atoms with Crippen LogP contribution in [0.2, 0.25) is 0 Å². The van der Waals surface area contributed by atoms with Gasteiger partial charge in [-0.05, 0) is 49.3 Å². The summed E-state index contributed by atoms with van der Waals surface area (Å²) in [6, 6.07) is 14.8. The summed E-state index contributed by atoms with van der Waals surface area (Å²) in [5.41, 5.74) is 4.78. The Morgan fingerprint density at radius 3 is 2.52 bits per heavy atom. The Labute approximate surface area is 193 Å². The Bertz CT molecular complexity index is 1180. The van der Waals surface area contributed by atoms with Gasteiger partial charge < -0.3 is 10.1 Å². The van der Waals surface area contributed by atoms with E-state index in [0.717, 1.165) is 59.8 Å². The molecule has 1 aliphatic carbocycles. The Hall–Kier alpha value is -3.54. The van der Waals surface area contributed by atoms with Gasteiger partial charge in [-0.3, -0.25) is 14.6 Å². The molecule has 0 fully saturated rings. The zero-order chi connectivity index (χ0) is 23.2. The number of fused-ring (bicyclic) bond motifs is 2. The molecule has 0 saturated heterocycles. The Balaban J connectivity index is 1.47. The number of nitrogens with one attached hydrogen (secondary N) is 1. The fourth-order valence-corrected chi connectivity index (χ4v) is 4.31. The summed E-state index contributed by atoms with van der Waals surface area (Å²) in [6.45, 7) is 1.72. The summed E-state index contributed by atoms with van der Waals surface area (Å²) < 4.78 is 5.52. The number of hydrogen-bond donors (Lipinski definition) is 1. The Morgan fingerprint density at radius 2 is 1.73 bits per heavy atom. The summed E-state index contributed by atoms with van der Waals surface area (Å²) >= 11 is 0. The van der Waals surface area contributed by atoms with E-state index in [1.807, 2.05) is 36.4 Å². The first-order valence-corrected chi connectivity index (χ1v) is 11.5. The number of benzene rings is 2. The first-order chi connectivity index (χ1) is 16.0. The van der Waals surface area contributed by atoms with Crippen molar-refractivity contribution in [3.8, 4) is 0 Å². The quantitative estimate of drug-likeness (QED) is 0.335. The van der Waals surface area contributed by atoms with E-state index in [1.165, 1.54) is 6.92 Å². The van der Waals surface area contributed by atoms with Crippen molar-refractivity contribution in [3.05, 3.63) is 76.5 Å². The van der Waals surface area contributed by atoms with E-state index in [0.29, 0.717) is 24.1 Å². The summed E-state index contributed by atoms with van der Waals surface area (Å²) in [5.74, 6) is -0.782. The number of nitrogens with zero attached hydrogens (tertiary/aromatic N) is 1. The second-order valence-electron chi connectivity index (χ2n) is 8.42. The molecular weight excluding hydrogens is 416 g/mol. The number of pyridine rings is 1. The van der Waals surface area contributed by atoms with Crippen molar-refractivity contribution < 1.29 is 19.1 Å². The molecule has 6 heteroatoms. The van der Waals surface area contributed by atoms with Gasteiger partial charge in [0, 0.05) is 30.1 Å². The molecule has 170 valence electrons. The summed E-state index contributed by atoms with van der Waals surface area (Å²) in [6.07, 6.45) is 5.52. The lowest BCUT2D eigenvalue weighted by Gasteiger charge is -2.14. The molecule has 4 rings (SSSR count). The van der Waals surface area contributed by atoms with Gasteiger partial charge in [0.05, 0.1) is 11.1 Å². The third kappa shape index (κ3) is 5.45. The minimum atomic E-state index is -0.466. The van der Waals surface area contributed by atoms with Crippen LogP contribution in [-0.4, -0.2) is 35.8 Å². The minimum Gasteiger partial charge on any atom is -0.454 e. The van der Waals surface area contributed by atoms with Gasteiger partial charge in [0.15, 0.2) is 12.4 Å². The number of aryl methyl sites for hydroxylation is 1. The molecule has 6 nitrogen and oxygen atoms in total. The largest absolute Gasteiger partial charge is 0.454 e. The van der Waals surface area contributed by atoms with Gasteiger partial charge in [-0.15, -0.1) is 0 Å². The zero-order valence-corrected chi connectivity index (χ0v) is 18.9. The SMILES string of the molecule is CC(=O)NCCc1ccc(C(=O)COC(=O)c2c3c(nc4ccccc24)CCCCC3)cc1. The Morgan fingerprint density at radius 1 is 0.970 bits per heavy atom. The highest BCUT2D eigenvalue weighted by Gasteiger charge is 2.23. The maximum Gasteiger partial charge on any atom is 0.339 e. The van der Waals surface area contributed by atoms with Crippen LogP contribution in [0.25, 0.3) is 10.9 Å². The number of ether oxygens (including phenoxy) is 1. The minimum absolute atomic E-state index is 0.0671. The molecule has 3 aromatic rings. The lowest BCUT2D eigenvalue weighted by molar-refractivity contribution is -0.118. The van der Waals surface area contributed by atoms with Gasteiger partial charge in [-0.1, -0.05) is 48.9 Å². The van der Waals surface area contributed by atoms with Crippen molar-refractivity contribution in [2.75, 3.05) is 13.2 Å². The summed E-state index contributed by atoms with van der Waals surface area (Å²) in [5, 5.41) is 3.53. The molecule has 0 spiro atoms. The molecule has 0 unspecified atom stereocenters. The van der Waals surface area contributed by atoms with Crippen LogP contribution in [0.4, 0.5) is 0 Å². The molecule has 1 heterocycles. The third-order valence-corrected chi connectivity index (χ3v) is 6.02. The van der Waals surface area contributed by atoms with Gasteiger partial charge in [0.1, 0.15) is 0 Å². The number of esters is 1. The number of carbonyl (C=O) groups is 3. The fraction of sp³-hybridized carbons (Fsp3) is 0.333. The standard InChI is InChI=1S/C27H28N2O4/c1-18(30)28-16-15-19-11-13-20(14-12-19)25(31)17-33-27(32)26-21-7-3-2-4-9-23(21)29-24-10-6-5-8-22(24)26/h5-6,8,10-14H,2-4,7,9,15-17H2,1H3,(H,28,30). The van der Waals surface area contributed by atoms with Crippen LogP contribution in [0.15, 0.2) is 48.5 Å². The smallest absolute Gasteiger partial charge is 0.339 e. The van der Waals surface area contributed by atoms with Gasteiger partial charge >= 0.3 is 5.97 Å². The molecule has 0 bridgehead atoms. The van der Waals surface area contributed by atoms with Crippen LogP contribution in [0.3, 0.4) is 0 Å². The number of rotatable bonds is 7. The van der Waals surface area contributed by atoms with Crippen LogP contribution >= 0.6 is 0 Å². The molecule has 1 amide bonds. The summed E-state index contributed by atoms with van der Waals surface area (Å²) in [7, 11) is 0. The normalized spacial score (nSPS) is 13.1. The zero-order valence-electron chi connectivity index (χ0n) is 18.9. The number of ketones is 1. The first-order valence-electron chi connectivity index (χ1n) is 11.5. The van der Waals surface area contributed by atoms with Crippen molar-refractivity contribution >= 4 is 28.6 Å². The van der Waals surface area contributed by atoms with Gasteiger partial charge in [0.2, 0.25) is 5.91 Å². The van der Waals surface area contributed by atoms with Crippen LogP contribution in [0.5, 0.6) is 0 Å². The average Bonchev–Trinajstić information content (AvgIpc) is 3.06. The van der Waals surface area contributed by atoms with E-state index in [2.05, 4.69) is 5.32 Å². The number of amides is 1. The van der Waals surface area contributed by atoms with Crippen LogP contribution in [-0.2, 0) is 28.8 Å². The maximum atomic E-state index is 13.2. The monoisotopic (exact) mass is 444 g/mol. The van der Waals surface area contributed by atoms with Gasteiger partial charge in [-0.25, -0.2) is 4.79 Å². The van der Waals surface area contributed by atoms with Crippen LogP contribution < -0.4 is 5.32 Å². The van der Waals surface area contributed by atoms with E-state index in [1.54, 1.807) is 12.1 Å². The van der Waals surface area contributed by atoms with Crippen molar-refractivity contribution in [2.24, 2.45) is 0 Å². The average molecular weight is 445 g/mol. The molecule has 0 radical (unpaired) electrons. The van der Waals surface area contributed by atoms with Crippen molar-refractivity contribution in [2.45, 2.75) is 45.4 Å². The number of para-hydroxylation sites is 1. The van der Waals surface area contributed by atoms with Gasteiger partial charge in [-0.2, -0.15) is 0 Å². The third-order valence-electron chi connectivity index (χ3n) is 6.02. The molecule has 0 aliphatic heterocycles. The second kappa shape index (κ2) is 10.4. The lowest BCUT2D eigenvalue weighted by Crippen LogP contribution is -2.22. The molecule has 2 aromatic carbocycles. The van der Waals surface area contributed by atoms with Crippen LogP contribution in [0, 0.1) is 0 Å². The molecule has 0 atom stereocenters. The first kappa shape index (κ1) is 22.6. The number of hydrogen-bond acceptors (Lipinski definition) is 5. The van der Waals surface area contributed by atoms with Crippen molar-refractivity contribution in [1.29, 1.82) is 0 Å². The molecule has 1 aromatic heterocycles. The van der Waals surface area contributed by atoms with Crippen molar-refractivity contribution in [1.82, 2.24) is 10.3 Å². The molecule has 0 saturated carbocycles. The second-order valence-corrected chi connectivity index (χ2v) is 8.42. The Kier molecular flexibility index (Phi) is 7.13. The topological polar surface area (TPSA) is 85.4 Å². The van der Waals surface area contributed by atoms with E-state index in [9.17, 15) is 14.4 Å². The summed E-state index contributed by atoms with van der Waals surface area (Å²) in [4.78, 5) is 41.6. The number of Topliss-reactive ketones (excluding diaryl/α,β-unsaturated/α-hetero) is 1. The number of aromatic nitrogens is 1. The molecule has 33 heavy (non-hydrogen) atoms. The van der Waals surface area contributed by atoms with E-state index < -0.39 is 5.97 Å². The van der Waals surface area contributed by atoms with Crippen LogP contribution in [0.1, 0.15) is 63.7 Å². The predicted octanol–water partition coefficient (Wildman–Crippen LogP) is 4.22. The fourth-order valence-electron chi connectivity index (χ4n) is 4.31. The highest BCUT2D eigenvalue weighted by molar-refractivity contribution is 6.06. The number of carbonyl (C=O) groups excluding carboxylic acids is 3.